The summed E-state index contributed by atoms with van der Waals surface area (Å²) in [4.78, 5) is 0. The molecule has 0 fully saturated rings. The van der Waals surface area contributed by atoms with Crippen molar-refractivity contribution >= 4 is 0 Å². The Kier molecular flexibility index (Phi) is 2.75. The lowest BCUT2D eigenvalue weighted by Crippen LogP contribution is -2.13. The molecule has 84 valence electrons. The first-order chi connectivity index (χ1) is 7.59. The second-order valence-electron chi connectivity index (χ2n) is 3.57. The summed E-state index contributed by atoms with van der Waals surface area (Å²) in [6, 6.07) is 6.52. The molecule has 0 amide bonds. The van der Waals surface area contributed by atoms with Crippen molar-refractivity contribution in [2.45, 2.75) is 13.0 Å². The summed E-state index contributed by atoms with van der Waals surface area (Å²) >= 11 is 0. The van der Waals surface area contributed by atoms with Gasteiger partial charge in [-0.05, 0) is 25.1 Å². The lowest BCUT2D eigenvalue weighted by molar-refractivity contribution is 0.449. The molecule has 2 rings (SSSR count). The SMILES string of the molecule is Cc1ccc(C(N)c2cccc(F)c2F)o1. The molecule has 2 aromatic rings. The zero-order chi connectivity index (χ0) is 11.7. The Morgan fingerprint density at radius 1 is 1.19 bits per heavy atom. The van der Waals surface area contributed by atoms with Gasteiger partial charge in [-0.15, -0.1) is 0 Å². The summed E-state index contributed by atoms with van der Waals surface area (Å²) in [5.74, 6) is -0.732. The van der Waals surface area contributed by atoms with E-state index in [9.17, 15) is 8.78 Å². The van der Waals surface area contributed by atoms with E-state index in [0.717, 1.165) is 6.07 Å². The Morgan fingerprint density at radius 3 is 2.56 bits per heavy atom. The van der Waals surface area contributed by atoms with Gasteiger partial charge in [0.15, 0.2) is 11.6 Å². The molecule has 16 heavy (non-hydrogen) atoms. The highest BCUT2D eigenvalue weighted by Crippen LogP contribution is 2.24. The van der Waals surface area contributed by atoms with E-state index < -0.39 is 17.7 Å². The van der Waals surface area contributed by atoms with E-state index in [1.807, 2.05) is 0 Å². The molecule has 0 aliphatic heterocycles. The summed E-state index contributed by atoms with van der Waals surface area (Å²) in [5, 5.41) is 0. The molecule has 1 aromatic heterocycles. The third kappa shape index (κ3) is 1.84. The van der Waals surface area contributed by atoms with Crippen molar-refractivity contribution in [3.63, 3.8) is 0 Å². The standard InChI is InChI=1S/C12H11F2NO/c1-7-5-6-10(16-7)12(15)8-3-2-4-9(13)11(8)14/h2-6,12H,15H2,1H3. The molecular weight excluding hydrogens is 212 g/mol. The van der Waals surface area contributed by atoms with Gasteiger partial charge in [0.25, 0.3) is 0 Å². The first-order valence-corrected chi connectivity index (χ1v) is 4.85. The molecule has 1 unspecified atom stereocenters. The normalized spacial score (nSPS) is 12.8. The molecule has 0 bridgehead atoms. The highest BCUT2D eigenvalue weighted by Gasteiger charge is 2.18. The zero-order valence-electron chi connectivity index (χ0n) is 8.71. The second kappa shape index (κ2) is 4.06. The molecule has 0 saturated heterocycles. The van der Waals surface area contributed by atoms with E-state index in [1.165, 1.54) is 12.1 Å². The van der Waals surface area contributed by atoms with E-state index in [1.54, 1.807) is 19.1 Å². The molecule has 1 atom stereocenters. The fraction of sp³-hybridized carbons (Fsp3) is 0.167. The maximum absolute atomic E-state index is 13.4. The summed E-state index contributed by atoms with van der Waals surface area (Å²) in [5.41, 5.74) is 5.89. The van der Waals surface area contributed by atoms with Crippen molar-refractivity contribution in [1.29, 1.82) is 0 Å². The van der Waals surface area contributed by atoms with Crippen LogP contribution in [0.5, 0.6) is 0 Å². The average molecular weight is 223 g/mol. The Labute approximate surface area is 91.7 Å². The van der Waals surface area contributed by atoms with Crippen LogP contribution in [0.4, 0.5) is 8.78 Å². The van der Waals surface area contributed by atoms with Crippen LogP contribution in [-0.2, 0) is 0 Å². The zero-order valence-corrected chi connectivity index (χ0v) is 8.71. The van der Waals surface area contributed by atoms with Gasteiger partial charge in [0.2, 0.25) is 0 Å². The van der Waals surface area contributed by atoms with Gasteiger partial charge in [-0.25, -0.2) is 8.78 Å². The molecule has 2 N–H and O–H groups in total. The fourth-order valence-corrected chi connectivity index (χ4v) is 1.53. The minimum absolute atomic E-state index is 0.0920. The van der Waals surface area contributed by atoms with Crippen LogP contribution >= 0.6 is 0 Å². The number of rotatable bonds is 2. The van der Waals surface area contributed by atoms with Gasteiger partial charge in [-0.2, -0.15) is 0 Å². The van der Waals surface area contributed by atoms with E-state index in [-0.39, 0.29) is 5.56 Å². The fourth-order valence-electron chi connectivity index (χ4n) is 1.53. The van der Waals surface area contributed by atoms with Crippen LogP contribution in [0, 0.1) is 18.6 Å². The Bertz CT molecular complexity index is 507. The molecule has 0 radical (unpaired) electrons. The number of hydrogen-bond acceptors (Lipinski definition) is 2. The topological polar surface area (TPSA) is 39.2 Å². The average Bonchev–Trinajstić information content (AvgIpc) is 2.68. The van der Waals surface area contributed by atoms with Crippen molar-refractivity contribution in [2.75, 3.05) is 0 Å². The van der Waals surface area contributed by atoms with Crippen molar-refractivity contribution in [2.24, 2.45) is 5.73 Å². The highest BCUT2D eigenvalue weighted by atomic mass is 19.2. The largest absolute Gasteiger partial charge is 0.464 e. The van der Waals surface area contributed by atoms with Crippen LogP contribution in [0.3, 0.4) is 0 Å². The van der Waals surface area contributed by atoms with E-state index in [2.05, 4.69) is 0 Å². The van der Waals surface area contributed by atoms with E-state index in [0.29, 0.717) is 11.5 Å². The van der Waals surface area contributed by atoms with Crippen LogP contribution in [-0.4, -0.2) is 0 Å². The van der Waals surface area contributed by atoms with Gasteiger partial charge < -0.3 is 10.2 Å². The third-order valence-electron chi connectivity index (χ3n) is 2.38. The lowest BCUT2D eigenvalue weighted by atomic mass is 10.0. The minimum Gasteiger partial charge on any atom is -0.464 e. The van der Waals surface area contributed by atoms with E-state index >= 15 is 0 Å². The number of nitrogens with two attached hydrogens (primary N) is 1. The summed E-state index contributed by atoms with van der Waals surface area (Å²) in [6.45, 7) is 1.76. The van der Waals surface area contributed by atoms with Crippen molar-refractivity contribution in [1.82, 2.24) is 0 Å². The van der Waals surface area contributed by atoms with Gasteiger partial charge in [-0.3, -0.25) is 0 Å². The predicted octanol–water partition coefficient (Wildman–Crippen LogP) is 2.91. The van der Waals surface area contributed by atoms with Crippen LogP contribution < -0.4 is 5.73 Å². The van der Waals surface area contributed by atoms with Crippen molar-refractivity contribution in [3.05, 3.63) is 59.1 Å². The lowest BCUT2D eigenvalue weighted by Gasteiger charge is -2.10. The summed E-state index contributed by atoms with van der Waals surface area (Å²) in [6.07, 6.45) is 0. The molecule has 0 saturated carbocycles. The Balaban J connectivity index is 2.41. The van der Waals surface area contributed by atoms with Gasteiger partial charge in [0, 0.05) is 5.56 Å². The maximum atomic E-state index is 13.4. The number of halogens is 2. The number of furan rings is 1. The minimum atomic E-state index is -0.927. The van der Waals surface area contributed by atoms with Gasteiger partial charge >= 0.3 is 0 Å². The predicted molar refractivity (Wildman–Crippen MR) is 55.8 cm³/mol. The summed E-state index contributed by atoms with van der Waals surface area (Å²) < 4.78 is 31.7. The van der Waals surface area contributed by atoms with E-state index in [4.69, 9.17) is 10.2 Å². The third-order valence-corrected chi connectivity index (χ3v) is 2.38. The molecule has 1 heterocycles. The first kappa shape index (κ1) is 10.8. The number of benzene rings is 1. The van der Waals surface area contributed by atoms with Crippen LogP contribution in [0.15, 0.2) is 34.7 Å². The second-order valence-corrected chi connectivity index (χ2v) is 3.57. The van der Waals surface area contributed by atoms with Gasteiger partial charge in [0.1, 0.15) is 11.5 Å². The maximum Gasteiger partial charge on any atom is 0.164 e. The van der Waals surface area contributed by atoms with Crippen molar-refractivity contribution < 1.29 is 13.2 Å². The molecule has 0 aliphatic rings. The molecule has 1 aromatic carbocycles. The van der Waals surface area contributed by atoms with Crippen LogP contribution in [0.2, 0.25) is 0 Å². The van der Waals surface area contributed by atoms with Crippen LogP contribution in [0.1, 0.15) is 23.1 Å². The summed E-state index contributed by atoms with van der Waals surface area (Å²) in [7, 11) is 0. The Morgan fingerprint density at radius 2 is 1.94 bits per heavy atom. The highest BCUT2D eigenvalue weighted by molar-refractivity contribution is 5.28. The first-order valence-electron chi connectivity index (χ1n) is 4.85. The monoisotopic (exact) mass is 223 g/mol. The van der Waals surface area contributed by atoms with Crippen LogP contribution in [0.25, 0.3) is 0 Å². The smallest absolute Gasteiger partial charge is 0.164 e. The molecule has 0 aliphatic carbocycles. The number of hydrogen-bond donors (Lipinski definition) is 1. The molecule has 4 heteroatoms. The van der Waals surface area contributed by atoms with Gasteiger partial charge in [0.05, 0.1) is 6.04 Å². The Hall–Kier alpha value is -1.68. The quantitative estimate of drug-likeness (QED) is 0.850. The van der Waals surface area contributed by atoms with Gasteiger partial charge in [-0.1, -0.05) is 12.1 Å². The molecular formula is C12H11F2NO. The van der Waals surface area contributed by atoms with Crippen molar-refractivity contribution in [3.8, 4) is 0 Å². The molecule has 2 nitrogen and oxygen atoms in total. The molecule has 0 spiro atoms. The number of aryl methyl sites for hydroxylation is 1.